The first-order chi connectivity index (χ1) is 7.27. The van der Waals surface area contributed by atoms with Crippen molar-refractivity contribution in [3.05, 3.63) is 30.1 Å². The molecule has 1 rings (SSSR count). The molecule has 15 heavy (non-hydrogen) atoms. The van der Waals surface area contributed by atoms with E-state index < -0.39 is 0 Å². The van der Waals surface area contributed by atoms with Gasteiger partial charge in [0, 0.05) is 12.4 Å². The fourth-order valence-corrected chi connectivity index (χ4v) is 1.19. The third-order valence-corrected chi connectivity index (χ3v) is 2.16. The molecule has 0 bridgehead atoms. The number of hydrazone groups is 1. The first-order valence-corrected chi connectivity index (χ1v) is 5.22. The van der Waals surface area contributed by atoms with Gasteiger partial charge in [-0.3, -0.25) is 9.78 Å². The van der Waals surface area contributed by atoms with Crippen molar-refractivity contribution < 1.29 is 4.79 Å². The first-order valence-electron chi connectivity index (χ1n) is 4.15. The van der Waals surface area contributed by atoms with Crippen LogP contribution in [0.25, 0.3) is 0 Å². The topological polar surface area (TPSA) is 54.4 Å². The van der Waals surface area contributed by atoms with Gasteiger partial charge in [0.05, 0.1) is 23.0 Å². The summed E-state index contributed by atoms with van der Waals surface area (Å²) in [6.45, 7) is 0. The Morgan fingerprint density at radius 1 is 1.47 bits per heavy atom. The Balaban J connectivity index is 2.61. The zero-order valence-corrected chi connectivity index (χ0v) is 9.29. The highest BCUT2D eigenvalue weighted by molar-refractivity contribution is 6.37. The molecule has 0 saturated heterocycles. The third-order valence-electron chi connectivity index (χ3n) is 1.55. The number of halogens is 2. The molecule has 0 unspecified atom stereocenters. The number of amides is 1. The van der Waals surface area contributed by atoms with Gasteiger partial charge in [0.2, 0.25) is 0 Å². The van der Waals surface area contributed by atoms with Gasteiger partial charge in [0.1, 0.15) is 0 Å². The molecule has 1 amide bonds. The van der Waals surface area contributed by atoms with Crippen LogP contribution in [0.4, 0.5) is 0 Å². The number of alkyl halides is 2. The predicted molar refractivity (Wildman–Crippen MR) is 60.6 cm³/mol. The summed E-state index contributed by atoms with van der Waals surface area (Å²) in [6.07, 6.45) is 3.04. The van der Waals surface area contributed by atoms with Gasteiger partial charge in [-0.15, -0.1) is 23.2 Å². The summed E-state index contributed by atoms with van der Waals surface area (Å²) in [6, 6.07) is 3.31. The van der Waals surface area contributed by atoms with E-state index in [9.17, 15) is 4.79 Å². The van der Waals surface area contributed by atoms with E-state index >= 15 is 0 Å². The molecule has 0 radical (unpaired) electrons. The Morgan fingerprint density at radius 2 is 2.20 bits per heavy atom. The molecule has 1 N–H and O–H groups in total. The molecule has 1 heterocycles. The van der Waals surface area contributed by atoms with Crippen molar-refractivity contribution in [1.82, 2.24) is 10.4 Å². The SMILES string of the molecule is O=C(NN=C(CCl)CCl)c1cccnc1. The quantitative estimate of drug-likeness (QED) is 0.499. The van der Waals surface area contributed by atoms with Crippen LogP contribution in [0, 0.1) is 0 Å². The highest BCUT2D eigenvalue weighted by atomic mass is 35.5. The standard InChI is InChI=1S/C9H9Cl2N3O/c10-4-8(5-11)13-14-9(15)7-2-1-3-12-6-7/h1-3,6H,4-5H2,(H,14,15). The Bertz CT molecular complexity index is 348. The Kier molecular flexibility index (Phi) is 5.07. The Morgan fingerprint density at radius 3 is 2.73 bits per heavy atom. The number of aromatic nitrogens is 1. The second-order valence-corrected chi connectivity index (χ2v) is 3.16. The molecule has 0 saturated carbocycles. The van der Waals surface area contributed by atoms with Gasteiger partial charge in [-0.05, 0) is 12.1 Å². The molecule has 0 aliphatic rings. The highest BCUT2D eigenvalue weighted by Gasteiger charge is 2.03. The van der Waals surface area contributed by atoms with Gasteiger partial charge in [-0.2, -0.15) is 5.10 Å². The minimum absolute atomic E-state index is 0.191. The summed E-state index contributed by atoms with van der Waals surface area (Å²) >= 11 is 11.0. The van der Waals surface area contributed by atoms with Crippen molar-refractivity contribution in [2.75, 3.05) is 11.8 Å². The summed E-state index contributed by atoms with van der Waals surface area (Å²) < 4.78 is 0. The highest BCUT2D eigenvalue weighted by Crippen LogP contribution is 1.95. The molecular formula is C9H9Cl2N3O. The Labute approximate surface area is 97.3 Å². The molecular weight excluding hydrogens is 237 g/mol. The lowest BCUT2D eigenvalue weighted by Gasteiger charge is -2.00. The fraction of sp³-hybridized carbons (Fsp3) is 0.222. The maximum atomic E-state index is 11.4. The lowest BCUT2D eigenvalue weighted by atomic mass is 10.3. The lowest BCUT2D eigenvalue weighted by molar-refractivity contribution is 0.0954. The maximum absolute atomic E-state index is 11.4. The van der Waals surface area contributed by atoms with Crippen molar-refractivity contribution in [2.24, 2.45) is 5.10 Å². The fourth-order valence-electron chi connectivity index (χ4n) is 0.787. The van der Waals surface area contributed by atoms with Gasteiger partial charge in [-0.1, -0.05) is 0 Å². The Hall–Kier alpha value is -1.13. The molecule has 0 spiro atoms. The van der Waals surface area contributed by atoms with E-state index in [1.165, 1.54) is 6.20 Å². The van der Waals surface area contributed by atoms with Gasteiger partial charge in [0.25, 0.3) is 5.91 Å². The number of carbonyl (C=O) groups is 1. The smallest absolute Gasteiger partial charge is 0.267 e. The van der Waals surface area contributed by atoms with Crippen molar-refractivity contribution in [2.45, 2.75) is 0 Å². The van der Waals surface area contributed by atoms with E-state index in [1.807, 2.05) is 0 Å². The van der Waals surface area contributed by atoms with E-state index in [0.717, 1.165) is 0 Å². The summed E-state index contributed by atoms with van der Waals surface area (Å²) in [4.78, 5) is 15.2. The van der Waals surface area contributed by atoms with Crippen LogP contribution < -0.4 is 5.43 Å². The van der Waals surface area contributed by atoms with E-state index in [-0.39, 0.29) is 17.7 Å². The molecule has 1 aromatic rings. The molecule has 1 aromatic heterocycles. The van der Waals surface area contributed by atoms with Gasteiger partial charge < -0.3 is 0 Å². The zero-order chi connectivity index (χ0) is 11.1. The van der Waals surface area contributed by atoms with Crippen LogP contribution in [0.2, 0.25) is 0 Å². The van der Waals surface area contributed by atoms with Crippen molar-refractivity contribution >= 4 is 34.8 Å². The van der Waals surface area contributed by atoms with Gasteiger partial charge in [0.15, 0.2) is 0 Å². The number of nitrogens with zero attached hydrogens (tertiary/aromatic N) is 2. The van der Waals surface area contributed by atoms with Gasteiger partial charge >= 0.3 is 0 Å². The van der Waals surface area contributed by atoms with Crippen molar-refractivity contribution in [1.29, 1.82) is 0 Å². The first kappa shape index (κ1) is 11.9. The lowest BCUT2D eigenvalue weighted by Crippen LogP contribution is -2.20. The maximum Gasteiger partial charge on any atom is 0.272 e. The van der Waals surface area contributed by atoms with E-state index in [0.29, 0.717) is 11.3 Å². The van der Waals surface area contributed by atoms with E-state index in [2.05, 4.69) is 15.5 Å². The average Bonchev–Trinajstić information content (AvgIpc) is 2.31. The molecule has 0 atom stereocenters. The van der Waals surface area contributed by atoms with Crippen LogP contribution in [0.3, 0.4) is 0 Å². The summed E-state index contributed by atoms with van der Waals surface area (Å²) in [5.41, 5.74) is 3.29. The average molecular weight is 246 g/mol. The molecule has 80 valence electrons. The summed E-state index contributed by atoms with van der Waals surface area (Å²) in [7, 11) is 0. The van der Waals surface area contributed by atoms with Gasteiger partial charge in [-0.25, -0.2) is 5.43 Å². The summed E-state index contributed by atoms with van der Waals surface area (Å²) in [5.74, 6) is 0.0454. The molecule has 4 nitrogen and oxygen atoms in total. The van der Waals surface area contributed by atoms with Crippen LogP contribution in [-0.4, -0.2) is 28.4 Å². The molecule has 6 heteroatoms. The van der Waals surface area contributed by atoms with Crippen molar-refractivity contribution in [3.63, 3.8) is 0 Å². The van der Waals surface area contributed by atoms with Crippen LogP contribution in [0.15, 0.2) is 29.6 Å². The van der Waals surface area contributed by atoms with Crippen LogP contribution in [0.5, 0.6) is 0 Å². The third kappa shape index (κ3) is 3.85. The normalized spacial score (nSPS) is 9.47. The van der Waals surface area contributed by atoms with Crippen LogP contribution in [-0.2, 0) is 0 Å². The molecule has 0 aromatic carbocycles. The second kappa shape index (κ2) is 6.37. The van der Waals surface area contributed by atoms with Crippen LogP contribution in [0.1, 0.15) is 10.4 Å². The van der Waals surface area contributed by atoms with Crippen molar-refractivity contribution in [3.8, 4) is 0 Å². The molecule has 0 aliphatic carbocycles. The number of hydrogen-bond donors (Lipinski definition) is 1. The van der Waals surface area contributed by atoms with E-state index in [4.69, 9.17) is 23.2 Å². The number of rotatable bonds is 4. The van der Waals surface area contributed by atoms with Crippen LogP contribution >= 0.6 is 23.2 Å². The van der Waals surface area contributed by atoms with E-state index in [1.54, 1.807) is 18.3 Å². The minimum atomic E-state index is -0.337. The number of pyridine rings is 1. The minimum Gasteiger partial charge on any atom is -0.267 e. The molecule has 0 aliphatic heterocycles. The summed E-state index contributed by atoms with van der Waals surface area (Å²) in [5, 5.41) is 3.76. The predicted octanol–water partition coefficient (Wildman–Crippen LogP) is 1.65. The number of nitrogens with one attached hydrogen (secondary N) is 1. The second-order valence-electron chi connectivity index (χ2n) is 2.63. The number of carbonyl (C=O) groups excluding carboxylic acids is 1. The monoisotopic (exact) mass is 245 g/mol. The zero-order valence-electron chi connectivity index (χ0n) is 7.78. The number of hydrogen-bond acceptors (Lipinski definition) is 3. The molecule has 0 fully saturated rings. The largest absolute Gasteiger partial charge is 0.272 e.